The molecule has 0 aliphatic carbocycles. The van der Waals surface area contributed by atoms with Gasteiger partial charge in [-0.1, -0.05) is 23.8 Å². The largest absolute Gasteiger partial charge is 0.492 e. The van der Waals surface area contributed by atoms with Crippen LogP contribution in [-0.2, 0) is 14.0 Å². The van der Waals surface area contributed by atoms with Gasteiger partial charge in [0.1, 0.15) is 5.60 Å². The topological polar surface area (TPSA) is 101 Å². The van der Waals surface area contributed by atoms with Gasteiger partial charge in [-0.3, -0.25) is 4.98 Å². The Morgan fingerprint density at radius 1 is 1.06 bits per heavy atom. The first-order valence-electron chi connectivity index (χ1n) is 11.9. The van der Waals surface area contributed by atoms with Gasteiger partial charge < -0.3 is 29.0 Å². The van der Waals surface area contributed by atoms with Crippen molar-refractivity contribution in [2.24, 2.45) is 0 Å². The molecular formula is C25H35BClN3O6. The molecule has 3 aliphatic rings. The number of carboxylic acid groups (broad SMARTS) is 1. The molecule has 0 spiro atoms. The van der Waals surface area contributed by atoms with Gasteiger partial charge in [-0.25, -0.2) is 9.59 Å². The maximum absolute atomic E-state index is 12.1. The summed E-state index contributed by atoms with van der Waals surface area (Å²) in [6, 6.07) is 3.54. The van der Waals surface area contributed by atoms with Crippen LogP contribution in [-0.4, -0.2) is 82.2 Å². The van der Waals surface area contributed by atoms with E-state index in [1.807, 2.05) is 60.6 Å². The Balaban J connectivity index is 0.000000212. The van der Waals surface area contributed by atoms with E-state index < -0.39 is 11.7 Å². The summed E-state index contributed by atoms with van der Waals surface area (Å²) in [6.07, 6.45) is 4.21. The Morgan fingerprint density at radius 2 is 1.67 bits per heavy atom. The van der Waals surface area contributed by atoms with Gasteiger partial charge in [0, 0.05) is 25.8 Å². The van der Waals surface area contributed by atoms with Crippen molar-refractivity contribution in [1.82, 2.24) is 14.8 Å². The molecule has 1 saturated heterocycles. The van der Waals surface area contributed by atoms with Gasteiger partial charge in [0.15, 0.2) is 0 Å². The van der Waals surface area contributed by atoms with E-state index >= 15 is 0 Å². The van der Waals surface area contributed by atoms with Crippen LogP contribution in [0.2, 0.25) is 5.02 Å². The number of pyridine rings is 1. The second-order valence-corrected chi connectivity index (χ2v) is 11.4. The minimum absolute atomic E-state index is 0.301. The van der Waals surface area contributed by atoms with Gasteiger partial charge >= 0.3 is 19.3 Å². The number of hydrogen-bond donors (Lipinski definition) is 1. The fraction of sp³-hybridized carbons (Fsp3) is 0.560. The summed E-state index contributed by atoms with van der Waals surface area (Å²) in [6.45, 7) is 15.5. The Morgan fingerprint density at radius 3 is 2.17 bits per heavy atom. The quantitative estimate of drug-likeness (QED) is 0.554. The number of halogens is 1. The van der Waals surface area contributed by atoms with Crippen LogP contribution in [0.1, 0.15) is 54.2 Å². The fourth-order valence-electron chi connectivity index (χ4n) is 3.66. The standard InChI is InChI=1S/C15H26BNO4.C10H9ClN2O2/c1-13(2,3)19-12(18)17-9-8-11(10-17)16-20-14(4,5)15(6,7)21-16;11-8-1-2-9(12-5-8)7-3-4-13(6-7)10(14)15/h8H,9-10H2,1-7H3;1-3,5H,4,6H2,(H,14,15). The molecule has 0 saturated carbocycles. The Bertz CT molecular complexity index is 1030. The molecule has 196 valence electrons. The van der Waals surface area contributed by atoms with Crippen molar-refractivity contribution in [2.75, 3.05) is 26.2 Å². The van der Waals surface area contributed by atoms with Crippen LogP contribution >= 0.6 is 11.6 Å². The zero-order valence-electron chi connectivity index (χ0n) is 22.0. The number of nitrogens with zero attached hydrogens (tertiary/aromatic N) is 3. The molecule has 2 amide bonds. The molecule has 0 unspecified atom stereocenters. The van der Waals surface area contributed by atoms with Gasteiger partial charge in [0.2, 0.25) is 0 Å². The number of carbonyl (C=O) groups is 2. The van der Waals surface area contributed by atoms with Crippen molar-refractivity contribution in [3.05, 3.63) is 46.7 Å². The zero-order chi connectivity index (χ0) is 26.9. The van der Waals surface area contributed by atoms with E-state index in [2.05, 4.69) is 4.98 Å². The van der Waals surface area contributed by atoms with E-state index in [1.165, 1.54) is 4.90 Å². The predicted octanol–water partition coefficient (Wildman–Crippen LogP) is 4.91. The van der Waals surface area contributed by atoms with E-state index in [0.717, 1.165) is 16.7 Å². The highest BCUT2D eigenvalue weighted by atomic mass is 35.5. The average molecular weight is 520 g/mol. The minimum Gasteiger partial charge on any atom is -0.465 e. The molecule has 0 aromatic carbocycles. The number of ether oxygens (including phenoxy) is 1. The van der Waals surface area contributed by atoms with Crippen LogP contribution in [0.4, 0.5) is 9.59 Å². The third kappa shape index (κ3) is 6.81. The molecule has 0 radical (unpaired) electrons. The summed E-state index contributed by atoms with van der Waals surface area (Å²) in [5.74, 6) is 0. The lowest BCUT2D eigenvalue weighted by atomic mass is 9.79. The van der Waals surface area contributed by atoms with Gasteiger partial charge in [-0.2, -0.15) is 0 Å². The monoisotopic (exact) mass is 519 g/mol. The third-order valence-corrected chi connectivity index (χ3v) is 6.62. The normalized spacial score (nSPS) is 20.5. The lowest BCUT2D eigenvalue weighted by Crippen LogP contribution is -2.41. The van der Waals surface area contributed by atoms with E-state index in [0.29, 0.717) is 31.2 Å². The first kappa shape index (κ1) is 28.0. The number of amides is 2. The highest BCUT2D eigenvalue weighted by Gasteiger charge is 2.53. The number of aromatic nitrogens is 1. The lowest BCUT2D eigenvalue weighted by molar-refractivity contribution is 0.00578. The molecule has 0 bridgehead atoms. The van der Waals surface area contributed by atoms with Crippen molar-refractivity contribution in [3.63, 3.8) is 0 Å². The Kier molecular flexibility index (Phi) is 8.12. The van der Waals surface area contributed by atoms with E-state index in [-0.39, 0.29) is 24.4 Å². The smallest absolute Gasteiger partial charge is 0.465 e. The second-order valence-electron chi connectivity index (χ2n) is 11.0. The van der Waals surface area contributed by atoms with Crippen molar-refractivity contribution in [1.29, 1.82) is 0 Å². The maximum atomic E-state index is 12.1. The summed E-state index contributed by atoms with van der Waals surface area (Å²) in [7, 11) is -0.387. The van der Waals surface area contributed by atoms with Crippen LogP contribution < -0.4 is 0 Å². The molecule has 36 heavy (non-hydrogen) atoms. The molecule has 11 heteroatoms. The molecule has 0 atom stereocenters. The van der Waals surface area contributed by atoms with Gasteiger partial charge in [-0.15, -0.1) is 0 Å². The van der Waals surface area contributed by atoms with E-state index in [9.17, 15) is 9.59 Å². The molecule has 9 nitrogen and oxygen atoms in total. The average Bonchev–Trinajstić information content (AvgIpc) is 3.47. The van der Waals surface area contributed by atoms with Gasteiger partial charge in [0.05, 0.1) is 28.5 Å². The molecule has 1 aromatic rings. The highest BCUT2D eigenvalue weighted by Crippen LogP contribution is 2.39. The molecule has 4 heterocycles. The van der Waals surface area contributed by atoms with Crippen LogP contribution in [0.25, 0.3) is 5.57 Å². The highest BCUT2D eigenvalue weighted by molar-refractivity contribution is 6.55. The fourth-order valence-corrected chi connectivity index (χ4v) is 3.77. The summed E-state index contributed by atoms with van der Waals surface area (Å²) in [5.41, 5.74) is 1.48. The van der Waals surface area contributed by atoms with Crippen molar-refractivity contribution >= 4 is 36.5 Å². The first-order chi connectivity index (χ1) is 16.6. The second kappa shape index (κ2) is 10.4. The molecule has 3 aliphatic heterocycles. The van der Waals surface area contributed by atoms with Gasteiger partial charge in [-0.05, 0) is 71.6 Å². The Labute approximate surface area is 218 Å². The van der Waals surface area contributed by atoms with Crippen LogP contribution in [0, 0.1) is 0 Å². The van der Waals surface area contributed by atoms with Crippen molar-refractivity contribution in [2.45, 2.75) is 65.3 Å². The molecule has 1 aromatic heterocycles. The molecular weight excluding hydrogens is 485 g/mol. The third-order valence-electron chi connectivity index (χ3n) is 6.40. The Hall–Kier alpha value is -2.56. The summed E-state index contributed by atoms with van der Waals surface area (Å²) < 4.78 is 17.4. The van der Waals surface area contributed by atoms with Crippen LogP contribution in [0.5, 0.6) is 0 Å². The summed E-state index contributed by atoms with van der Waals surface area (Å²) in [4.78, 5) is 29.9. The molecule has 1 fully saturated rings. The van der Waals surface area contributed by atoms with Crippen molar-refractivity contribution < 1.29 is 28.7 Å². The SMILES string of the molecule is CC(C)(C)OC(=O)N1CC=C(B2OC(C)(C)C(C)(C)O2)C1.O=C(O)N1CC=C(c2ccc(Cl)cn2)C1. The van der Waals surface area contributed by atoms with E-state index in [4.69, 9.17) is 30.8 Å². The van der Waals surface area contributed by atoms with Crippen molar-refractivity contribution in [3.8, 4) is 0 Å². The molecule has 4 rings (SSSR count). The zero-order valence-corrected chi connectivity index (χ0v) is 22.8. The summed E-state index contributed by atoms with van der Waals surface area (Å²) in [5, 5.41) is 9.35. The lowest BCUT2D eigenvalue weighted by Gasteiger charge is -2.32. The minimum atomic E-state index is -0.907. The number of carbonyl (C=O) groups excluding carboxylic acids is 1. The van der Waals surface area contributed by atoms with E-state index in [1.54, 1.807) is 23.2 Å². The van der Waals surface area contributed by atoms with Crippen LogP contribution in [0.3, 0.4) is 0 Å². The summed E-state index contributed by atoms with van der Waals surface area (Å²) >= 11 is 5.71. The first-order valence-corrected chi connectivity index (χ1v) is 12.3. The maximum Gasteiger partial charge on any atom is 0.492 e. The number of hydrogen-bond acceptors (Lipinski definition) is 6. The van der Waals surface area contributed by atoms with Crippen LogP contribution in [0.15, 0.2) is 36.0 Å². The molecule has 1 N–H and O–H groups in total. The predicted molar refractivity (Wildman–Crippen MR) is 139 cm³/mol. The number of rotatable bonds is 2. The van der Waals surface area contributed by atoms with Gasteiger partial charge in [0.25, 0.3) is 0 Å².